The van der Waals surface area contributed by atoms with Crippen molar-refractivity contribution in [2.24, 2.45) is 5.73 Å². The van der Waals surface area contributed by atoms with Gasteiger partial charge in [-0.25, -0.2) is 13.1 Å². The molecule has 1 aromatic carbocycles. The van der Waals surface area contributed by atoms with Crippen LogP contribution in [0.25, 0.3) is 0 Å². The Morgan fingerprint density at radius 3 is 2.61 bits per heavy atom. The van der Waals surface area contributed by atoms with Gasteiger partial charge in [-0.2, -0.15) is 5.26 Å². The van der Waals surface area contributed by atoms with Crippen LogP contribution in [0, 0.1) is 11.3 Å². The van der Waals surface area contributed by atoms with Crippen LogP contribution in [0.2, 0.25) is 0 Å². The Morgan fingerprint density at radius 1 is 1.39 bits per heavy atom. The fourth-order valence-electron chi connectivity index (χ4n) is 1.78. The summed E-state index contributed by atoms with van der Waals surface area (Å²) in [6, 6.07) is 7.88. The van der Waals surface area contributed by atoms with Gasteiger partial charge in [0, 0.05) is 12.1 Å². The summed E-state index contributed by atoms with van der Waals surface area (Å²) >= 11 is 0. The van der Waals surface area contributed by atoms with E-state index >= 15 is 0 Å². The molecule has 0 unspecified atom stereocenters. The van der Waals surface area contributed by atoms with Crippen LogP contribution in [-0.4, -0.2) is 20.5 Å². The second kappa shape index (κ2) is 5.67. The number of halogens is 1. The minimum absolute atomic E-state index is 0. The lowest BCUT2D eigenvalue weighted by atomic mass is 9.89. The molecule has 0 amide bonds. The van der Waals surface area contributed by atoms with Crippen molar-refractivity contribution in [3.05, 3.63) is 29.8 Å². The second-order valence-electron chi connectivity index (χ2n) is 4.19. The zero-order valence-electron chi connectivity index (χ0n) is 9.54. The molecule has 1 aliphatic carbocycles. The highest BCUT2D eigenvalue weighted by Crippen LogP contribution is 2.20. The van der Waals surface area contributed by atoms with Crippen LogP contribution in [0.4, 0.5) is 0 Å². The molecule has 18 heavy (non-hydrogen) atoms. The molecule has 1 aromatic rings. The van der Waals surface area contributed by atoms with Crippen molar-refractivity contribution in [1.29, 1.82) is 5.26 Å². The Hall–Kier alpha value is -1.13. The van der Waals surface area contributed by atoms with E-state index in [0.29, 0.717) is 18.4 Å². The smallest absolute Gasteiger partial charge is 0.240 e. The monoisotopic (exact) mass is 287 g/mol. The first kappa shape index (κ1) is 14.9. The molecule has 0 aromatic heterocycles. The van der Waals surface area contributed by atoms with Crippen molar-refractivity contribution in [1.82, 2.24) is 4.72 Å². The molecule has 1 aliphatic rings. The highest BCUT2D eigenvalue weighted by atomic mass is 35.5. The number of nitrogens with two attached hydrogens (primary N) is 1. The van der Waals surface area contributed by atoms with E-state index in [2.05, 4.69) is 4.72 Å². The van der Waals surface area contributed by atoms with Crippen LogP contribution < -0.4 is 10.5 Å². The minimum atomic E-state index is -3.53. The number of rotatable bonds is 3. The first-order chi connectivity index (χ1) is 8.01. The summed E-state index contributed by atoms with van der Waals surface area (Å²) < 4.78 is 26.5. The molecular weight excluding hydrogens is 274 g/mol. The second-order valence-corrected chi connectivity index (χ2v) is 5.90. The summed E-state index contributed by atoms with van der Waals surface area (Å²) in [5, 5.41) is 8.72. The Bertz CT molecular complexity index is 562. The van der Waals surface area contributed by atoms with Crippen LogP contribution in [-0.2, 0) is 10.0 Å². The summed E-state index contributed by atoms with van der Waals surface area (Å²) in [6.07, 6.45) is 1.33. The Kier molecular flexibility index (Phi) is 4.71. The molecule has 2 rings (SSSR count). The van der Waals surface area contributed by atoms with E-state index in [-0.39, 0.29) is 29.4 Å². The highest BCUT2D eigenvalue weighted by molar-refractivity contribution is 7.89. The maximum Gasteiger partial charge on any atom is 0.240 e. The van der Waals surface area contributed by atoms with E-state index < -0.39 is 10.0 Å². The molecule has 0 aliphatic heterocycles. The number of nitrogens with one attached hydrogen (secondary N) is 1. The Morgan fingerprint density at radius 2 is 2.06 bits per heavy atom. The van der Waals surface area contributed by atoms with Gasteiger partial charge < -0.3 is 5.73 Å². The predicted molar refractivity (Wildman–Crippen MR) is 69.7 cm³/mol. The molecule has 1 saturated carbocycles. The number of hydrogen-bond acceptors (Lipinski definition) is 4. The fourth-order valence-corrected chi connectivity index (χ4v) is 3.09. The molecule has 0 saturated heterocycles. The molecule has 3 N–H and O–H groups in total. The summed E-state index contributed by atoms with van der Waals surface area (Å²) in [7, 11) is -3.53. The number of nitrogens with zero attached hydrogens (tertiary/aromatic N) is 1. The van der Waals surface area contributed by atoms with Crippen molar-refractivity contribution in [3.8, 4) is 6.07 Å². The number of sulfonamides is 1. The van der Waals surface area contributed by atoms with Gasteiger partial charge in [0.05, 0.1) is 16.5 Å². The quantitative estimate of drug-likeness (QED) is 0.857. The zero-order chi connectivity index (χ0) is 12.5. The van der Waals surface area contributed by atoms with Gasteiger partial charge in [0.15, 0.2) is 0 Å². The molecule has 98 valence electrons. The van der Waals surface area contributed by atoms with Gasteiger partial charge in [-0.1, -0.05) is 6.07 Å². The van der Waals surface area contributed by atoms with Crippen LogP contribution in [0.3, 0.4) is 0 Å². The molecule has 5 nitrogen and oxygen atoms in total. The van der Waals surface area contributed by atoms with Gasteiger partial charge in [-0.15, -0.1) is 12.4 Å². The molecule has 0 radical (unpaired) electrons. The average molecular weight is 288 g/mol. The van der Waals surface area contributed by atoms with Crippen LogP contribution >= 0.6 is 12.4 Å². The van der Waals surface area contributed by atoms with Gasteiger partial charge in [0.25, 0.3) is 0 Å². The summed E-state index contributed by atoms with van der Waals surface area (Å²) in [6.45, 7) is 0. The SMILES string of the molecule is Cl.N#Cc1cccc(S(=O)(=O)NC2CC(N)C2)c1. The van der Waals surface area contributed by atoms with Gasteiger partial charge in [-0.05, 0) is 31.0 Å². The third-order valence-corrected chi connectivity index (χ3v) is 4.29. The Labute approximate surface area is 112 Å². The molecule has 0 atom stereocenters. The number of benzene rings is 1. The Balaban J connectivity index is 0.00000162. The lowest BCUT2D eigenvalue weighted by Gasteiger charge is -2.32. The third kappa shape index (κ3) is 3.21. The maximum atomic E-state index is 11.9. The van der Waals surface area contributed by atoms with E-state index in [0.717, 1.165) is 0 Å². The molecule has 7 heteroatoms. The van der Waals surface area contributed by atoms with Gasteiger partial charge in [-0.3, -0.25) is 0 Å². The minimum Gasteiger partial charge on any atom is -0.328 e. The van der Waals surface area contributed by atoms with Crippen molar-refractivity contribution >= 4 is 22.4 Å². The van der Waals surface area contributed by atoms with E-state index in [1.54, 1.807) is 12.1 Å². The predicted octanol–water partition coefficient (Wildman–Crippen LogP) is 0.748. The van der Waals surface area contributed by atoms with Crippen molar-refractivity contribution < 1.29 is 8.42 Å². The topological polar surface area (TPSA) is 96.0 Å². The maximum absolute atomic E-state index is 11.9. The van der Waals surface area contributed by atoms with Crippen molar-refractivity contribution in [3.63, 3.8) is 0 Å². The van der Waals surface area contributed by atoms with Gasteiger partial charge in [0.1, 0.15) is 0 Å². The van der Waals surface area contributed by atoms with Crippen molar-refractivity contribution in [2.45, 2.75) is 29.8 Å². The van der Waals surface area contributed by atoms with E-state index in [1.807, 2.05) is 6.07 Å². The molecule has 0 heterocycles. The van der Waals surface area contributed by atoms with E-state index in [9.17, 15) is 8.42 Å². The lowest BCUT2D eigenvalue weighted by molar-refractivity contribution is 0.327. The summed E-state index contributed by atoms with van der Waals surface area (Å²) in [5.41, 5.74) is 5.93. The molecule has 1 fully saturated rings. The van der Waals surface area contributed by atoms with Gasteiger partial charge >= 0.3 is 0 Å². The standard InChI is InChI=1S/C11H13N3O2S.ClH/c12-7-8-2-1-3-11(4-8)17(15,16)14-10-5-9(13)6-10;/h1-4,9-10,14H,5-6,13H2;1H. The van der Waals surface area contributed by atoms with Gasteiger partial charge in [0.2, 0.25) is 10.0 Å². The first-order valence-corrected chi connectivity index (χ1v) is 6.77. The first-order valence-electron chi connectivity index (χ1n) is 5.29. The van der Waals surface area contributed by atoms with Crippen LogP contribution in [0.15, 0.2) is 29.2 Å². The largest absolute Gasteiger partial charge is 0.328 e. The number of nitriles is 1. The molecular formula is C11H14ClN3O2S. The van der Waals surface area contributed by atoms with Crippen molar-refractivity contribution in [2.75, 3.05) is 0 Å². The third-order valence-electron chi connectivity index (χ3n) is 2.77. The summed E-state index contributed by atoms with van der Waals surface area (Å²) in [4.78, 5) is 0.122. The fraction of sp³-hybridized carbons (Fsp3) is 0.364. The average Bonchev–Trinajstić information content (AvgIpc) is 2.27. The van der Waals surface area contributed by atoms with E-state index in [4.69, 9.17) is 11.0 Å². The van der Waals surface area contributed by atoms with Crippen LogP contribution in [0.1, 0.15) is 18.4 Å². The molecule has 0 bridgehead atoms. The molecule has 0 spiro atoms. The zero-order valence-corrected chi connectivity index (χ0v) is 11.2. The number of hydrogen-bond donors (Lipinski definition) is 2. The summed E-state index contributed by atoms with van der Waals surface area (Å²) in [5.74, 6) is 0. The highest BCUT2D eigenvalue weighted by Gasteiger charge is 2.30. The normalized spacial score (nSPS) is 22.4. The van der Waals surface area contributed by atoms with E-state index in [1.165, 1.54) is 12.1 Å². The lowest BCUT2D eigenvalue weighted by Crippen LogP contribution is -2.50. The van der Waals surface area contributed by atoms with Crippen LogP contribution in [0.5, 0.6) is 0 Å².